The molecule has 1 amide bonds. The van der Waals surface area contributed by atoms with E-state index < -0.39 is 0 Å². The van der Waals surface area contributed by atoms with Crippen LogP contribution in [0.5, 0.6) is 0 Å². The molecule has 0 unspecified atom stereocenters. The summed E-state index contributed by atoms with van der Waals surface area (Å²) in [6.45, 7) is 2.51. The lowest BCUT2D eigenvalue weighted by molar-refractivity contribution is 0.0561. The fourth-order valence-electron chi connectivity index (χ4n) is 2.31. The molecule has 5 heteroatoms. The van der Waals surface area contributed by atoms with Gasteiger partial charge in [-0.15, -0.1) is 0 Å². The Morgan fingerprint density at radius 1 is 1.58 bits per heavy atom. The molecule has 0 aromatic carbocycles. The number of hydrogen-bond donors (Lipinski definition) is 2. The Hall–Kier alpha value is -1.62. The van der Waals surface area contributed by atoms with Crippen molar-refractivity contribution in [2.24, 2.45) is 0 Å². The second-order valence-electron chi connectivity index (χ2n) is 5.06. The molecule has 1 aliphatic rings. The average Bonchev–Trinajstić information content (AvgIpc) is 2.34. The standard InChI is InChI=1S/C14H21N3O2/c1-10-13(8-11(15)9-16-10)14(19)17(6-3-7-18)12-4-2-5-12/h8-9,12,18H,2-7,15H2,1H3. The van der Waals surface area contributed by atoms with E-state index in [1.807, 2.05) is 11.8 Å². The number of nitrogens with zero attached hydrogens (tertiary/aromatic N) is 2. The molecule has 1 saturated carbocycles. The summed E-state index contributed by atoms with van der Waals surface area (Å²) >= 11 is 0. The molecule has 0 spiro atoms. The number of amides is 1. The van der Waals surface area contributed by atoms with Crippen LogP contribution in [0.4, 0.5) is 5.69 Å². The minimum Gasteiger partial charge on any atom is -0.397 e. The molecule has 1 fully saturated rings. The number of carbonyl (C=O) groups is 1. The van der Waals surface area contributed by atoms with Crippen molar-refractivity contribution in [3.8, 4) is 0 Å². The van der Waals surface area contributed by atoms with E-state index in [2.05, 4.69) is 4.98 Å². The number of rotatable bonds is 5. The smallest absolute Gasteiger partial charge is 0.256 e. The molecular weight excluding hydrogens is 242 g/mol. The number of aromatic nitrogens is 1. The second kappa shape index (κ2) is 6.02. The SMILES string of the molecule is Cc1ncc(N)cc1C(=O)N(CCCO)C1CCC1. The number of aliphatic hydroxyl groups is 1. The van der Waals surface area contributed by atoms with E-state index in [-0.39, 0.29) is 12.5 Å². The third-order valence-corrected chi connectivity index (χ3v) is 3.67. The van der Waals surface area contributed by atoms with Gasteiger partial charge in [0.25, 0.3) is 5.91 Å². The van der Waals surface area contributed by atoms with Crippen LogP contribution in [0.15, 0.2) is 12.3 Å². The minimum absolute atomic E-state index is 0.0181. The fraction of sp³-hybridized carbons (Fsp3) is 0.571. The molecule has 3 N–H and O–H groups in total. The largest absolute Gasteiger partial charge is 0.397 e. The first-order valence-electron chi connectivity index (χ1n) is 6.77. The van der Waals surface area contributed by atoms with Crippen LogP contribution >= 0.6 is 0 Å². The number of anilines is 1. The molecular formula is C14H21N3O2. The van der Waals surface area contributed by atoms with Gasteiger partial charge in [0.05, 0.1) is 23.1 Å². The van der Waals surface area contributed by atoms with E-state index in [0.717, 1.165) is 12.8 Å². The summed E-state index contributed by atoms with van der Waals surface area (Å²) in [5.41, 5.74) is 7.49. The number of nitrogens with two attached hydrogens (primary N) is 1. The van der Waals surface area contributed by atoms with Gasteiger partial charge in [0.15, 0.2) is 0 Å². The molecule has 5 nitrogen and oxygen atoms in total. The maximum atomic E-state index is 12.6. The monoisotopic (exact) mass is 263 g/mol. The van der Waals surface area contributed by atoms with E-state index in [1.165, 1.54) is 6.42 Å². The van der Waals surface area contributed by atoms with Gasteiger partial charge < -0.3 is 15.7 Å². The quantitative estimate of drug-likeness (QED) is 0.840. The van der Waals surface area contributed by atoms with Crippen LogP contribution < -0.4 is 5.73 Å². The van der Waals surface area contributed by atoms with E-state index in [0.29, 0.717) is 36.0 Å². The minimum atomic E-state index is -0.0181. The van der Waals surface area contributed by atoms with Crippen molar-refractivity contribution < 1.29 is 9.90 Å². The van der Waals surface area contributed by atoms with Gasteiger partial charge in [-0.1, -0.05) is 0 Å². The molecule has 0 saturated heterocycles. The van der Waals surface area contributed by atoms with E-state index in [1.54, 1.807) is 12.3 Å². The summed E-state index contributed by atoms with van der Waals surface area (Å²) in [4.78, 5) is 18.6. The van der Waals surface area contributed by atoms with Crippen molar-refractivity contribution in [1.82, 2.24) is 9.88 Å². The summed E-state index contributed by atoms with van der Waals surface area (Å²) in [5.74, 6) is -0.0181. The van der Waals surface area contributed by atoms with E-state index in [9.17, 15) is 4.79 Å². The Morgan fingerprint density at radius 3 is 2.89 bits per heavy atom. The van der Waals surface area contributed by atoms with Crippen LogP contribution in [0.25, 0.3) is 0 Å². The fourth-order valence-corrected chi connectivity index (χ4v) is 2.31. The van der Waals surface area contributed by atoms with Gasteiger partial charge in [-0.05, 0) is 38.7 Å². The van der Waals surface area contributed by atoms with Gasteiger partial charge in [-0.25, -0.2) is 0 Å². The number of aliphatic hydroxyl groups excluding tert-OH is 1. The van der Waals surface area contributed by atoms with Crippen LogP contribution in [0.2, 0.25) is 0 Å². The Morgan fingerprint density at radius 2 is 2.32 bits per heavy atom. The van der Waals surface area contributed by atoms with Crippen molar-refractivity contribution in [3.05, 3.63) is 23.5 Å². The highest BCUT2D eigenvalue weighted by Crippen LogP contribution is 2.27. The number of carbonyl (C=O) groups excluding carboxylic acids is 1. The molecule has 0 atom stereocenters. The average molecular weight is 263 g/mol. The first kappa shape index (κ1) is 13.8. The van der Waals surface area contributed by atoms with Gasteiger partial charge in [0, 0.05) is 19.2 Å². The van der Waals surface area contributed by atoms with Crippen molar-refractivity contribution in [2.45, 2.75) is 38.6 Å². The second-order valence-corrected chi connectivity index (χ2v) is 5.06. The van der Waals surface area contributed by atoms with E-state index in [4.69, 9.17) is 10.8 Å². The van der Waals surface area contributed by atoms with Crippen molar-refractivity contribution in [3.63, 3.8) is 0 Å². The summed E-state index contributed by atoms with van der Waals surface area (Å²) in [5, 5.41) is 8.97. The highest BCUT2D eigenvalue weighted by atomic mass is 16.3. The molecule has 1 heterocycles. The van der Waals surface area contributed by atoms with Crippen LogP contribution in [0, 0.1) is 6.92 Å². The van der Waals surface area contributed by atoms with Gasteiger partial charge in [-0.2, -0.15) is 0 Å². The Bertz CT molecular complexity index is 458. The van der Waals surface area contributed by atoms with Gasteiger partial charge in [0.1, 0.15) is 0 Å². The highest BCUT2D eigenvalue weighted by molar-refractivity contribution is 5.96. The van der Waals surface area contributed by atoms with Gasteiger partial charge >= 0.3 is 0 Å². The van der Waals surface area contributed by atoms with E-state index >= 15 is 0 Å². The van der Waals surface area contributed by atoms with Crippen molar-refractivity contribution >= 4 is 11.6 Å². The maximum absolute atomic E-state index is 12.6. The molecule has 2 rings (SSSR count). The Kier molecular flexibility index (Phi) is 4.37. The zero-order valence-electron chi connectivity index (χ0n) is 11.3. The summed E-state index contributed by atoms with van der Waals surface area (Å²) in [6.07, 6.45) is 5.43. The predicted molar refractivity (Wildman–Crippen MR) is 73.8 cm³/mol. The number of aryl methyl sites for hydroxylation is 1. The molecule has 1 aliphatic carbocycles. The normalized spacial score (nSPS) is 15.1. The molecule has 0 radical (unpaired) electrons. The lowest BCUT2D eigenvalue weighted by Crippen LogP contribution is -2.45. The van der Waals surface area contributed by atoms with Gasteiger partial charge in [-0.3, -0.25) is 9.78 Å². The van der Waals surface area contributed by atoms with Crippen molar-refractivity contribution in [2.75, 3.05) is 18.9 Å². The molecule has 0 aliphatic heterocycles. The number of hydrogen-bond acceptors (Lipinski definition) is 4. The molecule has 1 aromatic rings. The lowest BCUT2D eigenvalue weighted by Gasteiger charge is -2.37. The highest BCUT2D eigenvalue weighted by Gasteiger charge is 2.29. The third kappa shape index (κ3) is 3.04. The lowest BCUT2D eigenvalue weighted by atomic mass is 9.90. The molecule has 19 heavy (non-hydrogen) atoms. The Balaban J connectivity index is 2.19. The Labute approximate surface area is 113 Å². The first-order chi connectivity index (χ1) is 9.13. The van der Waals surface area contributed by atoms with Crippen LogP contribution in [0.1, 0.15) is 41.7 Å². The summed E-state index contributed by atoms with van der Waals surface area (Å²) < 4.78 is 0. The zero-order chi connectivity index (χ0) is 13.8. The summed E-state index contributed by atoms with van der Waals surface area (Å²) in [7, 11) is 0. The maximum Gasteiger partial charge on any atom is 0.256 e. The molecule has 0 bridgehead atoms. The first-order valence-corrected chi connectivity index (χ1v) is 6.77. The van der Waals surface area contributed by atoms with Crippen LogP contribution in [-0.4, -0.2) is 40.1 Å². The molecule has 1 aromatic heterocycles. The zero-order valence-corrected chi connectivity index (χ0v) is 11.3. The van der Waals surface area contributed by atoms with Crippen LogP contribution in [0.3, 0.4) is 0 Å². The third-order valence-electron chi connectivity index (χ3n) is 3.67. The summed E-state index contributed by atoms with van der Waals surface area (Å²) in [6, 6.07) is 2.00. The predicted octanol–water partition coefficient (Wildman–Crippen LogP) is 1.35. The number of nitrogen functional groups attached to an aromatic ring is 1. The topological polar surface area (TPSA) is 79.5 Å². The van der Waals surface area contributed by atoms with Crippen LogP contribution in [-0.2, 0) is 0 Å². The molecule has 104 valence electrons. The van der Waals surface area contributed by atoms with Crippen molar-refractivity contribution in [1.29, 1.82) is 0 Å². The number of pyridine rings is 1. The van der Waals surface area contributed by atoms with Gasteiger partial charge in [0.2, 0.25) is 0 Å².